The van der Waals surface area contributed by atoms with Crippen molar-refractivity contribution in [1.82, 2.24) is 0 Å². The largest absolute Gasteiger partial charge is 0.507 e. The minimum Gasteiger partial charge on any atom is -0.507 e. The summed E-state index contributed by atoms with van der Waals surface area (Å²) in [6, 6.07) is 31.9. The van der Waals surface area contributed by atoms with Crippen molar-refractivity contribution in [2.24, 2.45) is 5.92 Å². The van der Waals surface area contributed by atoms with Crippen LogP contribution in [0.4, 0.5) is 0 Å². The highest BCUT2D eigenvalue weighted by Crippen LogP contribution is 2.43. The van der Waals surface area contributed by atoms with Gasteiger partial charge in [0.05, 0.1) is 0 Å². The SMILES string of the molecule is CC(C)CC(C)(c1ccc(O)c(-c2ccccc2)c1)c1ccc(O)c(-c2ccccc2)c1. The van der Waals surface area contributed by atoms with Gasteiger partial charge >= 0.3 is 0 Å². The molecule has 0 aliphatic rings. The van der Waals surface area contributed by atoms with Gasteiger partial charge in [-0.15, -0.1) is 0 Å². The summed E-state index contributed by atoms with van der Waals surface area (Å²) >= 11 is 0. The van der Waals surface area contributed by atoms with Gasteiger partial charge < -0.3 is 10.2 Å². The second-order valence-electron chi connectivity index (χ2n) is 9.13. The Hall–Kier alpha value is -3.52. The van der Waals surface area contributed by atoms with E-state index in [9.17, 15) is 10.2 Å². The predicted octanol–water partition coefficient (Wildman–Crippen LogP) is 7.78. The topological polar surface area (TPSA) is 40.5 Å². The van der Waals surface area contributed by atoms with Crippen molar-refractivity contribution in [3.63, 3.8) is 0 Å². The monoisotopic (exact) mass is 422 g/mol. The average Bonchev–Trinajstić information content (AvgIpc) is 2.80. The molecule has 0 heterocycles. The van der Waals surface area contributed by atoms with E-state index in [2.05, 4.69) is 32.9 Å². The van der Waals surface area contributed by atoms with Crippen LogP contribution in [0, 0.1) is 5.92 Å². The van der Waals surface area contributed by atoms with Gasteiger partial charge in [-0.1, -0.05) is 93.6 Å². The van der Waals surface area contributed by atoms with Crippen molar-refractivity contribution in [1.29, 1.82) is 0 Å². The van der Waals surface area contributed by atoms with Crippen molar-refractivity contribution >= 4 is 0 Å². The summed E-state index contributed by atoms with van der Waals surface area (Å²) in [4.78, 5) is 0. The standard InChI is InChI=1S/C30H30O2/c1-21(2)20-30(3,24-14-16-28(31)26(18-24)22-10-6-4-7-11-22)25-15-17-29(32)27(19-25)23-12-8-5-9-13-23/h4-19,21,31-32H,20H2,1-3H3. The van der Waals surface area contributed by atoms with E-state index in [0.29, 0.717) is 5.92 Å². The number of benzene rings is 4. The first-order chi connectivity index (χ1) is 15.4. The van der Waals surface area contributed by atoms with Crippen LogP contribution in [-0.2, 0) is 5.41 Å². The first kappa shape index (κ1) is 21.7. The Labute approximate surface area is 190 Å². The molecule has 0 amide bonds. The fraction of sp³-hybridized carbons (Fsp3) is 0.200. The lowest BCUT2D eigenvalue weighted by atomic mass is 9.70. The normalized spacial score (nSPS) is 11.6. The summed E-state index contributed by atoms with van der Waals surface area (Å²) in [7, 11) is 0. The molecular weight excluding hydrogens is 392 g/mol. The van der Waals surface area contributed by atoms with Gasteiger partial charge in [0.25, 0.3) is 0 Å². The first-order valence-corrected chi connectivity index (χ1v) is 11.2. The summed E-state index contributed by atoms with van der Waals surface area (Å²) in [5.41, 5.74) is 5.66. The third-order valence-electron chi connectivity index (χ3n) is 6.25. The molecule has 0 unspecified atom stereocenters. The van der Waals surface area contributed by atoms with Gasteiger partial charge in [0.2, 0.25) is 0 Å². The van der Waals surface area contributed by atoms with Crippen LogP contribution in [0.1, 0.15) is 38.3 Å². The van der Waals surface area contributed by atoms with Gasteiger partial charge in [0.15, 0.2) is 0 Å². The minimum absolute atomic E-state index is 0.280. The van der Waals surface area contributed by atoms with Gasteiger partial charge in [-0.25, -0.2) is 0 Å². The van der Waals surface area contributed by atoms with E-state index in [1.807, 2.05) is 72.8 Å². The zero-order valence-electron chi connectivity index (χ0n) is 18.9. The molecule has 32 heavy (non-hydrogen) atoms. The lowest BCUT2D eigenvalue weighted by Crippen LogP contribution is -2.26. The molecule has 0 fully saturated rings. The molecule has 0 radical (unpaired) electrons. The fourth-order valence-corrected chi connectivity index (χ4v) is 4.68. The summed E-state index contributed by atoms with van der Waals surface area (Å²) in [5, 5.41) is 21.2. The van der Waals surface area contributed by atoms with Crippen LogP contribution in [0.3, 0.4) is 0 Å². The van der Waals surface area contributed by atoms with E-state index in [1.54, 1.807) is 12.1 Å². The Balaban J connectivity index is 1.88. The fourth-order valence-electron chi connectivity index (χ4n) is 4.68. The summed E-state index contributed by atoms with van der Waals surface area (Å²) in [5.74, 6) is 1.02. The number of rotatable bonds is 6. The van der Waals surface area contributed by atoms with Crippen molar-refractivity contribution in [2.45, 2.75) is 32.6 Å². The quantitative estimate of drug-likeness (QED) is 0.333. The number of phenols is 2. The Kier molecular flexibility index (Phi) is 6.05. The van der Waals surface area contributed by atoms with E-state index in [1.165, 1.54) is 0 Å². The molecule has 0 saturated heterocycles. The van der Waals surface area contributed by atoms with Crippen LogP contribution in [0.25, 0.3) is 22.3 Å². The second kappa shape index (κ2) is 8.92. The molecule has 0 atom stereocenters. The van der Waals surface area contributed by atoms with Crippen molar-refractivity contribution < 1.29 is 10.2 Å². The van der Waals surface area contributed by atoms with Gasteiger partial charge in [-0.05, 0) is 58.9 Å². The second-order valence-corrected chi connectivity index (χ2v) is 9.13. The molecule has 2 nitrogen and oxygen atoms in total. The maximum Gasteiger partial charge on any atom is 0.123 e. The number of phenolic OH excluding ortho intramolecular Hbond substituents is 2. The van der Waals surface area contributed by atoms with Gasteiger partial charge in [-0.3, -0.25) is 0 Å². The predicted molar refractivity (Wildman–Crippen MR) is 133 cm³/mol. The number of aromatic hydroxyl groups is 2. The molecule has 162 valence electrons. The van der Waals surface area contributed by atoms with E-state index in [0.717, 1.165) is 39.8 Å². The van der Waals surface area contributed by atoms with Crippen LogP contribution in [0.15, 0.2) is 97.1 Å². The van der Waals surface area contributed by atoms with Gasteiger partial charge in [0.1, 0.15) is 11.5 Å². The molecule has 0 saturated carbocycles. The minimum atomic E-state index is -0.289. The first-order valence-electron chi connectivity index (χ1n) is 11.2. The summed E-state index contributed by atoms with van der Waals surface area (Å²) in [6.45, 7) is 6.72. The van der Waals surface area contributed by atoms with Crippen LogP contribution < -0.4 is 0 Å². The lowest BCUT2D eigenvalue weighted by Gasteiger charge is -2.34. The summed E-state index contributed by atoms with van der Waals surface area (Å²) < 4.78 is 0. The highest BCUT2D eigenvalue weighted by Gasteiger charge is 2.31. The molecule has 0 spiro atoms. The molecule has 0 aliphatic carbocycles. The highest BCUT2D eigenvalue weighted by atomic mass is 16.3. The van der Waals surface area contributed by atoms with Crippen LogP contribution in [-0.4, -0.2) is 10.2 Å². The molecule has 4 aromatic rings. The molecule has 0 aromatic heterocycles. The summed E-state index contributed by atoms with van der Waals surface area (Å²) in [6.07, 6.45) is 0.936. The van der Waals surface area contributed by atoms with Crippen LogP contribution >= 0.6 is 0 Å². The average molecular weight is 423 g/mol. The van der Waals surface area contributed by atoms with E-state index < -0.39 is 0 Å². The van der Waals surface area contributed by atoms with Crippen molar-refractivity contribution in [2.75, 3.05) is 0 Å². The Morgan fingerprint density at radius 1 is 0.625 bits per heavy atom. The van der Waals surface area contributed by atoms with E-state index in [4.69, 9.17) is 0 Å². The molecular formula is C30H30O2. The Morgan fingerprint density at radius 2 is 1.03 bits per heavy atom. The molecule has 4 aromatic carbocycles. The zero-order chi connectivity index (χ0) is 22.7. The molecule has 4 rings (SSSR count). The molecule has 0 bridgehead atoms. The Bertz CT molecular complexity index is 1110. The van der Waals surface area contributed by atoms with Crippen LogP contribution in [0.5, 0.6) is 11.5 Å². The van der Waals surface area contributed by atoms with Crippen LogP contribution in [0.2, 0.25) is 0 Å². The zero-order valence-corrected chi connectivity index (χ0v) is 18.9. The highest BCUT2D eigenvalue weighted by molar-refractivity contribution is 5.73. The van der Waals surface area contributed by atoms with Crippen molar-refractivity contribution in [3.8, 4) is 33.8 Å². The molecule has 2 heteroatoms. The Morgan fingerprint density at radius 3 is 1.41 bits per heavy atom. The molecule has 0 aliphatic heterocycles. The number of hydrogen-bond acceptors (Lipinski definition) is 2. The maximum atomic E-state index is 10.6. The number of hydrogen-bond donors (Lipinski definition) is 2. The lowest BCUT2D eigenvalue weighted by molar-refractivity contribution is 0.425. The van der Waals surface area contributed by atoms with Gasteiger partial charge in [-0.2, -0.15) is 0 Å². The van der Waals surface area contributed by atoms with E-state index >= 15 is 0 Å². The third-order valence-corrected chi connectivity index (χ3v) is 6.25. The van der Waals surface area contributed by atoms with Crippen molar-refractivity contribution in [3.05, 3.63) is 108 Å². The van der Waals surface area contributed by atoms with Gasteiger partial charge in [0, 0.05) is 16.5 Å². The van der Waals surface area contributed by atoms with E-state index in [-0.39, 0.29) is 16.9 Å². The molecule has 2 N–H and O–H groups in total. The maximum absolute atomic E-state index is 10.6. The smallest absolute Gasteiger partial charge is 0.123 e. The third kappa shape index (κ3) is 4.27.